The van der Waals surface area contributed by atoms with Gasteiger partial charge in [0.15, 0.2) is 4.80 Å². The van der Waals surface area contributed by atoms with E-state index in [9.17, 15) is 0 Å². The second-order valence-corrected chi connectivity index (χ2v) is 7.78. The van der Waals surface area contributed by atoms with E-state index in [4.69, 9.17) is 4.99 Å². The highest BCUT2D eigenvalue weighted by Crippen LogP contribution is 2.37. The van der Waals surface area contributed by atoms with Crippen molar-refractivity contribution in [3.8, 4) is 5.69 Å². The molecule has 1 heterocycles. The molecule has 0 saturated heterocycles. The van der Waals surface area contributed by atoms with E-state index in [2.05, 4.69) is 91.2 Å². The molecule has 0 spiro atoms. The van der Waals surface area contributed by atoms with Crippen molar-refractivity contribution >= 4 is 60.1 Å². The first-order valence-corrected chi connectivity index (χ1v) is 10.1. The van der Waals surface area contributed by atoms with Gasteiger partial charge in [-0.15, -0.1) is 17.0 Å². The van der Waals surface area contributed by atoms with Crippen LogP contribution in [0.15, 0.2) is 77.8 Å². The van der Waals surface area contributed by atoms with Crippen molar-refractivity contribution in [2.75, 3.05) is 6.54 Å². The zero-order chi connectivity index (χ0) is 18.4. The fraction of sp³-hybridized carbons (Fsp3) is 0.125. The topological polar surface area (TPSA) is 17.3 Å². The summed E-state index contributed by atoms with van der Waals surface area (Å²) in [6, 6.07) is 26.2. The second kappa shape index (κ2) is 7.53. The van der Waals surface area contributed by atoms with Gasteiger partial charge in [-0.3, -0.25) is 9.56 Å². The van der Waals surface area contributed by atoms with Gasteiger partial charge in [-0.25, -0.2) is 0 Å². The molecule has 0 bridgehead atoms. The van der Waals surface area contributed by atoms with E-state index < -0.39 is 0 Å². The molecule has 4 heteroatoms. The lowest BCUT2D eigenvalue weighted by Gasteiger charge is -2.11. The predicted octanol–water partition coefficient (Wildman–Crippen LogP) is 6.81. The SMILES string of the molecule is Br.CCN=c1sc2c3ccccc3c3ccccc3c2n1-c1ccc(C)cc1. The average molecular weight is 449 g/mol. The van der Waals surface area contributed by atoms with Crippen molar-refractivity contribution in [3.05, 3.63) is 83.2 Å². The number of hydrogen-bond donors (Lipinski definition) is 0. The molecule has 0 fully saturated rings. The third kappa shape index (κ3) is 2.88. The maximum atomic E-state index is 4.84. The molecular formula is C24H21BrN2S. The monoisotopic (exact) mass is 448 g/mol. The largest absolute Gasteiger partial charge is 0.285 e. The number of thiazole rings is 1. The van der Waals surface area contributed by atoms with Crippen molar-refractivity contribution in [1.82, 2.24) is 4.57 Å². The minimum atomic E-state index is 0. The third-order valence-electron chi connectivity index (χ3n) is 5.05. The van der Waals surface area contributed by atoms with Crippen LogP contribution in [0.25, 0.3) is 37.4 Å². The smallest absolute Gasteiger partial charge is 0.190 e. The number of fused-ring (bicyclic) bond motifs is 6. The van der Waals surface area contributed by atoms with Crippen molar-refractivity contribution < 1.29 is 0 Å². The standard InChI is InChI=1S/C24H20N2S.BrH/c1-3-25-24-26(17-14-12-16(2)13-15-17)22-20-10-6-4-8-18(20)19-9-5-7-11-21(19)23(22)27-24;/h4-15H,3H2,1-2H3;1H. The van der Waals surface area contributed by atoms with Gasteiger partial charge in [-0.2, -0.15) is 0 Å². The van der Waals surface area contributed by atoms with Crippen LogP contribution in [0.5, 0.6) is 0 Å². The van der Waals surface area contributed by atoms with E-state index in [1.54, 1.807) is 11.3 Å². The highest BCUT2D eigenvalue weighted by atomic mass is 79.9. The lowest BCUT2D eigenvalue weighted by atomic mass is 10.0. The van der Waals surface area contributed by atoms with Crippen LogP contribution >= 0.6 is 28.3 Å². The number of rotatable bonds is 2. The summed E-state index contributed by atoms with van der Waals surface area (Å²) in [5.74, 6) is 0. The Morgan fingerprint density at radius 3 is 2.00 bits per heavy atom. The summed E-state index contributed by atoms with van der Waals surface area (Å²) < 4.78 is 3.63. The van der Waals surface area contributed by atoms with Crippen LogP contribution in [0.4, 0.5) is 0 Å². The number of halogens is 1. The molecule has 0 saturated carbocycles. The Morgan fingerprint density at radius 1 is 0.786 bits per heavy atom. The average Bonchev–Trinajstić information content (AvgIpc) is 3.09. The minimum Gasteiger partial charge on any atom is -0.285 e. The van der Waals surface area contributed by atoms with Crippen molar-refractivity contribution in [2.45, 2.75) is 13.8 Å². The Kier molecular flexibility index (Phi) is 5.09. The van der Waals surface area contributed by atoms with Gasteiger partial charge in [0.05, 0.1) is 10.2 Å². The van der Waals surface area contributed by atoms with Gasteiger partial charge in [-0.05, 0) is 36.8 Å². The summed E-state index contributed by atoms with van der Waals surface area (Å²) in [5.41, 5.74) is 3.69. The summed E-state index contributed by atoms with van der Waals surface area (Å²) in [7, 11) is 0. The van der Waals surface area contributed by atoms with Gasteiger partial charge in [0.2, 0.25) is 0 Å². The fourth-order valence-electron chi connectivity index (χ4n) is 3.82. The lowest BCUT2D eigenvalue weighted by Crippen LogP contribution is -2.13. The van der Waals surface area contributed by atoms with Crippen LogP contribution in [-0.4, -0.2) is 11.1 Å². The molecule has 0 radical (unpaired) electrons. The minimum absolute atomic E-state index is 0. The number of aromatic nitrogens is 1. The van der Waals surface area contributed by atoms with Gasteiger partial charge >= 0.3 is 0 Å². The van der Waals surface area contributed by atoms with Crippen LogP contribution in [0.1, 0.15) is 12.5 Å². The van der Waals surface area contributed by atoms with Crippen molar-refractivity contribution in [3.63, 3.8) is 0 Å². The summed E-state index contributed by atoms with van der Waals surface area (Å²) in [4.78, 5) is 5.89. The summed E-state index contributed by atoms with van der Waals surface area (Å²) in [5, 5.41) is 5.18. The molecular weight excluding hydrogens is 428 g/mol. The fourth-order valence-corrected chi connectivity index (χ4v) is 5.07. The summed E-state index contributed by atoms with van der Waals surface area (Å²) in [6.07, 6.45) is 0. The van der Waals surface area contributed by atoms with E-state index in [0.717, 1.165) is 11.3 Å². The molecule has 0 amide bonds. The summed E-state index contributed by atoms with van der Waals surface area (Å²) >= 11 is 1.79. The Balaban J connectivity index is 0.00000192. The van der Waals surface area contributed by atoms with Crippen LogP contribution in [0.3, 0.4) is 0 Å². The van der Waals surface area contributed by atoms with Crippen LogP contribution in [0, 0.1) is 6.92 Å². The molecule has 5 aromatic rings. The first kappa shape index (κ1) is 18.9. The maximum absolute atomic E-state index is 4.84. The normalized spacial score (nSPS) is 12.0. The van der Waals surface area contributed by atoms with Gasteiger partial charge in [-0.1, -0.05) is 77.6 Å². The van der Waals surface area contributed by atoms with E-state index in [-0.39, 0.29) is 17.0 Å². The zero-order valence-electron chi connectivity index (χ0n) is 15.8. The Labute approximate surface area is 178 Å². The molecule has 1 aromatic heterocycles. The van der Waals surface area contributed by atoms with E-state index in [1.807, 2.05) is 0 Å². The van der Waals surface area contributed by atoms with E-state index in [0.29, 0.717) is 0 Å². The first-order valence-electron chi connectivity index (χ1n) is 9.30. The molecule has 0 unspecified atom stereocenters. The Hall–Kier alpha value is -2.43. The number of aryl methyl sites for hydroxylation is 1. The predicted molar refractivity (Wildman–Crippen MR) is 127 cm³/mol. The number of nitrogens with zero attached hydrogens (tertiary/aromatic N) is 2. The third-order valence-corrected chi connectivity index (χ3v) is 6.16. The van der Waals surface area contributed by atoms with E-state index >= 15 is 0 Å². The van der Waals surface area contributed by atoms with Crippen LogP contribution in [0.2, 0.25) is 0 Å². The molecule has 0 atom stereocenters. The molecule has 0 aliphatic rings. The highest BCUT2D eigenvalue weighted by molar-refractivity contribution is 8.93. The molecule has 0 N–H and O–H groups in total. The highest BCUT2D eigenvalue weighted by Gasteiger charge is 2.15. The molecule has 0 aliphatic carbocycles. The van der Waals surface area contributed by atoms with Gasteiger partial charge in [0, 0.05) is 23.0 Å². The van der Waals surface area contributed by atoms with Gasteiger partial charge in [0.1, 0.15) is 0 Å². The van der Waals surface area contributed by atoms with Crippen LogP contribution in [-0.2, 0) is 0 Å². The summed E-state index contributed by atoms with van der Waals surface area (Å²) in [6.45, 7) is 5.00. The number of benzene rings is 4. The molecule has 0 aliphatic heterocycles. The van der Waals surface area contributed by atoms with Crippen molar-refractivity contribution in [2.24, 2.45) is 4.99 Å². The van der Waals surface area contributed by atoms with Gasteiger partial charge < -0.3 is 0 Å². The van der Waals surface area contributed by atoms with Crippen molar-refractivity contribution in [1.29, 1.82) is 0 Å². The van der Waals surface area contributed by atoms with E-state index in [1.165, 1.54) is 43.0 Å². The second-order valence-electron chi connectivity index (χ2n) is 6.80. The zero-order valence-corrected chi connectivity index (χ0v) is 18.4. The van der Waals surface area contributed by atoms with Crippen LogP contribution < -0.4 is 4.80 Å². The Morgan fingerprint density at radius 2 is 1.36 bits per heavy atom. The first-order chi connectivity index (χ1) is 13.3. The Bertz CT molecular complexity index is 1360. The van der Waals surface area contributed by atoms with Gasteiger partial charge in [0.25, 0.3) is 0 Å². The maximum Gasteiger partial charge on any atom is 0.190 e. The number of hydrogen-bond acceptors (Lipinski definition) is 2. The molecule has 5 rings (SSSR count). The molecule has 4 aromatic carbocycles. The molecule has 2 nitrogen and oxygen atoms in total. The quantitative estimate of drug-likeness (QED) is 0.264. The lowest BCUT2D eigenvalue weighted by molar-refractivity contribution is 0.972. The molecule has 28 heavy (non-hydrogen) atoms. The molecule has 140 valence electrons.